The van der Waals surface area contributed by atoms with Crippen LogP contribution in [0.5, 0.6) is 0 Å². The van der Waals surface area contributed by atoms with E-state index in [1.807, 2.05) is 0 Å². The summed E-state index contributed by atoms with van der Waals surface area (Å²) in [5.41, 5.74) is 2.77. The van der Waals surface area contributed by atoms with E-state index >= 15 is 0 Å². The number of piperazine rings is 1. The second-order valence-corrected chi connectivity index (χ2v) is 3.52. The lowest BCUT2D eigenvalue weighted by molar-refractivity contribution is 0.588. The van der Waals surface area contributed by atoms with Crippen molar-refractivity contribution in [1.29, 1.82) is 0 Å². The standard InChI is InChI=1S/C11H16N2.BrH/c1-10-4-2-3-5-11(10)13-8-6-12-7-9-13;/h2-5,12H,6-9H2,1H3;1H. The molecule has 0 spiro atoms. The van der Waals surface area contributed by atoms with Crippen LogP contribution in [0.15, 0.2) is 24.3 Å². The maximum Gasteiger partial charge on any atom is 0.0396 e. The Balaban J connectivity index is 0.000000980. The second-order valence-electron chi connectivity index (χ2n) is 3.52. The van der Waals surface area contributed by atoms with E-state index in [2.05, 4.69) is 41.4 Å². The largest absolute Gasteiger partial charge is 0.369 e. The molecule has 1 heterocycles. The topological polar surface area (TPSA) is 15.3 Å². The van der Waals surface area contributed by atoms with Crippen LogP contribution in [0.25, 0.3) is 0 Å². The molecule has 0 aromatic heterocycles. The van der Waals surface area contributed by atoms with Crippen LogP contribution >= 0.6 is 17.0 Å². The van der Waals surface area contributed by atoms with E-state index in [1.54, 1.807) is 0 Å². The highest BCUT2D eigenvalue weighted by atomic mass is 79.9. The van der Waals surface area contributed by atoms with Gasteiger partial charge in [-0.05, 0) is 18.6 Å². The summed E-state index contributed by atoms with van der Waals surface area (Å²) in [6, 6.07) is 8.60. The van der Waals surface area contributed by atoms with Gasteiger partial charge in [-0.25, -0.2) is 0 Å². The molecule has 0 amide bonds. The Hall–Kier alpha value is -0.540. The Kier molecular flexibility index (Phi) is 4.42. The zero-order valence-electron chi connectivity index (χ0n) is 8.49. The zero-order valence-corrected chi connectivity index (χ0v) is 10.2. The number of aryl methyl sites for hydroxylation is 1. The molecule has 14 heavy (non-hydrogen) atoms. The third-order valence-corrected chi connectivity index (χ3v) is 2.57. The molecule has 0 radical (unpaired) electrons. The van der Waals surface area contributed by atoms with Crippen molar-refractivity contribution in [2.24, 2.45) is 0 Å². The molecule has 2 rings (SSSR count). The van der Waals surface area contributed by atoms with Gasteiger partial charge in [-0.2, -0.15) is 0 Å². The van der Waals surface area contributed by atoms with Gasteiger partial charge in [-0.3, -0.25) is 0 Å². The Bertz CT molecular complexity index is 282. The third kappa shape index (κ3) is 2.49. The van der Waals surface area contributed by atoms with E-state index in [4.69, 9.17) is 0 Å². The van der Waals surface area contributed by atoms with Crippen molar-refractivity contribution < 1.29 is 0 Å². The molecule has 1 aromatic rings. The number of hydrogen-bond acceptors (Lipinski definition) is 2. The summed E-state index contributed by atoms with van der Waals surface area (Å²) >= 11 is 0. The first-order valence-electron chi connectivity index (χ1n) is 4.89. The van der Waals surface area contributed by atoms with Crippen molar-refractivity contribution >= 4 is 22.7 Å². The molecule has 3 heteroatoms. The van der Waals surface area contributed by atoms with Crippen molar-refractivity contribution in [2.75, 3.05) is 31.1 Å². The van der Waals surface area contributed by atoms with Gasteiger partial charge < -0.3 is 10.2 Å². The number of para-hydroxylation sites is 1. The molecule has 1 aliphatic rings. The van der Waals surface area contributed by atoms with Gasteiger partial charge in [0.25, 0.3) is 0 Å². The van der Waals surface area contributed by atoms with Gasteiger partial charge in [0, 0.05) is 31.9 Å². The van der Waals surface area contributed by atoms with Crippen molar-refractivity contribution in [2.45, 2.75) is 6.92 Å². The van der Waals surface area contributed by atoms with Crippen LogP contribution in [-0.2, 0) is 0 Å². The first-order chi connectivity index (χ1) is 6.38. The highest BCUT2D eigenvalue weighted by molar-refractivity contribution is 8.93. The molecule has 1 saturated heterocycles. The van der Waals surface area contributed by atoms with Crippen LogP contribution < -0.4 is 10.2 Å². The van der Waals surface area contributed by atoms with Gasteiger partial charge in [0.15, 0.2) is 0 Å². The van der Waals surface area contributed by atoms with Gasteiger partial charge in [-0.1, -0.05) is 18.2 Å². The first-order valence-corrected chi connectivity index (χ1v) is 4.89. The number of rotatable bonds is 1. The summed E-state index contributed by atoms with van der Waals surface area (Å²) < 4.78 is 0. The molecule has 0 bridgehead atoms. The summed E-state index contributed by atoms with van der Waals surface area (Å²) in [5, 5.41) is 3.36. The van der Waals surface area contributed by atoms with Crippen LogP contribution in [0.3, 0.4) is 0 Å². The molecule has 0 atom stereocenters. The summed E-state index contributed by atoms with van der Waals surface area (Å²) in [4.78, 5) is 2.45. The van der Waals surface area contributed by atoms with Gasteiger partial charge >= 0.3 is 0 Å². The average molecular weight is 257 g/mol. The summed E-state index contributed by atoms with van der Waals surface area (Å²) in [5.74, 6) is 0. The van der Waals surface area contributed by atoms with E-state index < -0.39 is 0 Å². The Morgan fingerprint density at radius 3 is 2.43 bits per heavy atom. The maximum absolute atomic E-state index is 3.36. The minimum atomic E-state index is 0. The van der Waals surface area contributed by atoms with Gasteiger partial charge in [0.1, 0.15) is 0 Å². The summed E-state index contributed by atoms with van der Waals surface area (Å²) in [7, 11) is 0. The number of benzene rings is 1. The Morgan fingerprint density at radius 2 is 1.79 bits per heavy atom. The number of anilines is 1. The molecule has 2 nitrogen and oxygen atoms in total. The highest BCUT2D eigenvalue weighted by Gasteiger charge is 2.10. The predicted molar refractivity (Wildman–Crippen MR) is 66.6 cm³/mol. The molecule has 0 saturated carbocycles. The van der Waals surface area contributed by atoms with Crippen molar-refractivity contribution in [3.63, 3.8) is 0 Å². The molecule has 1 N–H and O–H groups in total. The monoisotopic (exact) mass is 256 g/mol. The quantitative estimate of drug-likeness (QED) is 0.827. The highest BCUT2D eigenvalue weighted by Crippen LogP contribution is 2.19. The minimum Gasteiger partial charge on any atom is -0.369 e. The number of nitrogens with zero attached hydrogens (tertiary/aromatic N) is 1. The fraction of sp³-hybridized carbons (Fsp3) is 0.455. The molecule has 1 aromatic carbocycles. The van der Waals surface area contributed by atoms with Crippen molar-refractivity contribution in [3.05, 3.63) is 29.8 Å². The fourth-order valence-corrected chi connectivity index (χ4v) is 1.82. The minimum absolute atomic E-state index is 0. The summed E-state index contributed by atoms with van der Waals surface area (Å²) in [6.07, 6.45) is 0. The lowest BCUT2D eigenvalue weighted by atomic mass is 10.1. The van der Waals surface area contributed by atoms with E-state index in [0.29, 0.717) is 0 Å². The van der Waals surface area contributed by atoms with Crippen molar-refractivity contribution in [3.8, 4) is 0 Å². The number of halogens is 1. The SMILES string of the molecule is Br.Cc1ccccc1N1CCNCC1. The molecular weight excluding hydrogens is 240 g/mol. The van der Waals surface area contributed by atoms with Crippen LogP contribution in [0.4, 0.5) is 5.69 Å². The van der Waals surface area contributed by atoms with Gasteiger partial charge in [0.2, 0.25) is 0 Å². The zero-order chi connectivity index (χ0) is 9.10. The number of nitrogens with one attached hydrogen (secondary N) is 1. The van der Waals surface area contributed by atoms with Crippen molar-refractivity contribution in [1.82, 2.24) is 5.32 Å². The Morgan fingerprint density at radius 1 is 1.14 bits per heavy atom. The van der Waals surface area contributed by atoms with Gasteiger partial charge in [-0.15, -0.1) is 17.0 Å². The molecule has 0 aliphatic carbocycles. The van der Waals surface area contributed by atoms with E-state index in [9.17, 15) is 0 Å². The van der Waals surface area contributed by atoms with Crippen LogP contribution in [0, 0.1) is 6.92 Å². The van der Waals surface area contributed by atoms with E-state index in [-0.39, 0.29) is 17.0 Å². The first kappa shape index (κ1) is 11.5. The predicted octanol–water partition coefficient (Wildman–Crippen LogP) is 1.98. The van der Waals surface area contributed by atoms with Crippen LogP contribution in [-0.4, -0.2) is 26.2 Å². The molecular formula is C11H17BrN2. The van der Waals surface area contributed by atoms with Crippen LogP contribution in [0.1, 0.15) is 5.56 Å². The average Bonchev–Trinajstić information content (AvgIpc) is 2.20. The third-order valence-electron chi connectivity index (χ3n) is 2.57. The maximum atomic E-state index is 3.36. The van der Waals surface area contributed by atoms with E-state index in [0.717, 1.165) is 26.2 Å². The molecule has 0 unspecified atom stereocenters. The Labute approximate surface area is 96.1 Å². The second kappa shape index (κ2) is 5.37. The van der Waals surface area contributed by atoms with E-state index in [1.165, 1.54) is 11.3 Å². The fourth-order valence-electron chi connectivity index (χ4n) is 1.82. The van der Waals surface area contributed by atoms with Crippen LogP contribution in [0.2, 0.25) is 0 Å². The normalized spacial score (nSPS) is 16.2. The number of hydrogen-bond donors (Lipinski definition) is 1. The molecule has 1 aliphatic heterocycles. The lowest BCUT2D eigenvalue weighted by Gasteiger charge is -2.30. The smallest absolute Gasteiger partial charge is 0.0396 e. The lowest BCUT2D eigenvalue weighted by Crippen LogP contribution is -2.43. The van der Waals surface area contributed by atoms with Gasteiger partial charge in [0.05, 0.1) is 0 Å². The summed E-state index contributed by atoms with van der Waals surface area (Å²) in [6.45, 7) is 6.65. The molecule has 78 valence electrons. The molecule has 1 fully saturated rings.